The third kappa shape index (κ3) is 5.80. The Morgan fingerprint density at radius 3 is 2.73 bits per heavy atom. The molecule has 33 heavy (non-hydrogen) atoms. The monoisotopic (exact) mass is 481 g/mol. The highest BCUT2D eigenvalue weighted by Gasteiger charge is 2.42. The Morgan fingerprint density at radius 1 is 1.42 bits per heavy atom. The zero-order valence-electron chi connectivity index (χ0n) is 21.5. The number of aromatic amines is 1. The molecule has 0 spiro atoms. The van der Waals surface area contributed by atoms with Gasteiger partial charge in [-0.3, -0.25) is 24.6 Å². The number of nitrogens with one attached hydrogen (secondary N) is 2. The lowest BCUT2D eigenvalue weighted by atomic mass is 9.97. The van der Waals surface area contributed by atoms with Crippen LogP contribution >= 0.6 is 8.30 Å². The number of imidazole rings is 1. The predicted octanol–water partition coefficient (Wildman–Crippen LogP) is 3.34. The Morgan fingerprint density at radius 2 is 2.12 bits per heavy atom. The van der Waals surface area contributed by atoms with Gasteiger partial charge in [-0.1, -0.05) is 6.92 Å². The Balaban J connectivity index is 1.72. The van der Waals surface area contributed by atoms with E-state index in [0.29, 0.717) is 30.7 Å². The molecule has 2 aromatic heterocycles. The normalized spacial score (nSPS) is 24.7. The van der Waals surface area contributed by atoms with Crippen molar-refractivity contribution in [1.82, 2.24) is 24.2 Å². The van der Waals surface area contributed by atoms with Crippen LogP contribution in [0.15, 0.2) is 11.1 Å². The number of amides is 1. The summed E-state index contributed by atoms with van der Waals surface area (Å²) < 4.78 is 25.0. The van der Waals surface area contributed by atoms with Gasteiger partial charge in [0.15, 0.2) is 11.2 Å². The van der Waals surface area contributed by atoms with E-state index in [0.717, 1.165) is 0 Å². The number of hydrogen-bond donors (Lipinski definition) is 2. The van der Waals surface area contributed by atoms with Crippen molar-refractivity contribution >= 4 is 31.3 Å². The smallest absolute Gasteiger partial charge is 0.280 e. The number of anilines is 1. The fraction of sp³-hybridized carbons (Fsp3) is 0.727. The number of fused-ring (bicyclic) bond motifs is 1. The Kier molecular flexibility index (Phi) is 7.79. The Bertz CT molecular complexity index is 1040. The molecule has 1 amide bonds. The average Bonchev–Trinajstić information content (AvgIpc) is 3.27. The number of aryl methyl sites for hydroxylation is 1. The SMILES string of the molecule is [2H]C[C@H]1O[C@@H](CCn2cnc3c(=O)[nH]c(NC(C)=O)nc32)[C@@H](C)C1OP(C)N(C(C)C)C(C)C. The second kappa shape index (κ2) is 10.6. The number of rotatable bonds is 9. The van der Waals surface area contributed by atoms with Gasteiger partial charge in [0.1, 0.15) is 8.30 Å². The molecule has 3 heterocycles. The Hall–Kier alpha value is -1.87. The summed E-state index contributed by atoms with van der Waals surface area (Å²) in [5, 5.41) is 2.51. The maximum atomic E-state index is 12.3. The standard InChI is InChI=1S/C22H37N6O4P/c1-12(2)28(13(3)4)33(8)32-19-14(5)17(31-15(19)6)9-10-27-11-23-18-20(27)25-22(24-16(7)29)26-21(18)30/h11-15,17,19H,9-10H2,1-8H3,(H2,24,25,26,29,30)/t14-,15-,17+,19?,33?/m1/s1/i6D. The largest absolute Gasteiger partial charge is 0.372 e. The molecule has 5 atom stereocenters. The molecule has 0 radical (unpaired) electrons. The van der Waals surface area contributed by atoms with Crippen LogP contribution in [0.4, 0.5) is 5.95 Å². The number of hydrogen-bond acceptors (Lipinski definition) is 7. The first-order valence-electron chi connectivity index (χ1n) is 12.1. The molecule has 184 valence electrons. The predicted molar refractivity (Wildman–Crippen MR) is 130 cm³/mol. The summed E-state index contributed by atoms with van der Waals surface area (Å²) in [5.41, 5.74) is 0.222. The van der Waals surface area contributed by atoms with Gasteiger partial charge in [0.2, 0.25) is 11.9 Å². The fourth-order valence-electron chi connectivity index (χ4n) is 4.56. The molecule has 1 saturated heterocycles. The number of carbonyl (C=O) groups excluding carboxylic acids is 1. The number of H-pyrrole nitrogens is 1. The minimum atomic E-state index is -0.824. The molecule has 0 aliphatic carbocycles. The van der Waals surface area contributed by atoms with Crippen LogP contribution in [0.3, 0.4) is 0 Å². The van der Waals surface area contributed by atoms with Crippen LogP contribution in [0.2, 0.25) is 0 Å². The third-order valence-electron chi connectivity index (χ3n) is 5.90. The molecule has 2 unspecified atom stereocenters. The molecular weight excluding hydrogens is 443 g/mol. The first-order chi connectivity index (χ1) is 16.0. The summed E-state index contributed by atoms with van der Waals surface area (Å²) >= 11 is 0. The highest BCUT2D eigenvalue weighted by molar-refractivity contribution is 7.49. The second-order valence-electron chi connectivity index (χ2n) is 9.17. The number of carbonyl (C=O) groups is 1. The van der Waals surface area contributed by atoms with Gasteiger partial charge >= 0.3 is 0 Å². The molecule has 0 aromatic carbocycles. The van der Waals surface area contributed by atoms with Crippen LogP contribution in [0.1, 0.15) is 56.2 Å². The van der Waals surface area contributed by atoms with Gasteiger partial charge in [0.05, 0.1) is 24.6 Å². The minimum absolute atomic E-state index is 0.0930. The van der Waals surface area contributed by atoms with Crippen molar-refractivity contribution < 1.29 is 15.4 Å². The molecule has 10 nitrogen and oxygen atoms in total. The van der Waals surface area contributed by atoms with Gasteiger partial charge in [-0.05, 0) is 47.7 Å². The van der Waals surface area contributed by atoms with E-state index in [2.05, 4.69) is 66.2 Å². The highest BCUT2D eigenvalue weighted by Crippen LogP contribution is 2.46. The van der Waals surface area contributed by atoms with Crippen molar-refractivity contribution in [2.45, 2.75) is 91.8 Å². The lowest BCUT2D eigenvalue weighted by Crippen LogP contribution is -2.35. The van der Waals surface area contributed by atoms with Crippen molar-refractivity contribution in [2.24, 2.45) is 5.92 Å². The molecule has 1 fully saturated rings. The van der Waals surface area contributed by atoms with Gasteiger partial charge < -0.3 is 13.8 Å². The number of nitrogens with zero attached hydrogens (tertiary/aromatic N) is 4. The molecular formula is C22H37N6O4P. The van der Waals surface area contributed by atoms with Crippen LogP contribution in [0, 0.1) is 5.92 Å². The number of ether oxygens (including phenoxy) is 1. The molecule has 1 aliphatic heterocycles. The van der Waals surface area contributed by atoms with Crippen molar-refractivity contribution in [3.8, 4) is 0 Å². The Labute approximate surface area is 197 Å². The van der Waals surface area contributed by atoms with E-state index in [9.17, 15) is 9.59 Å². The van der Waals surface area contributed by atoms with Crippen molar-refractivity contribution in [3.63, 3.8) is 0 Å². The van der Waals surface area contributed by atoms with Crippen molar-refractivity contribution in [2.75, 3.05) is 12.0 Å². The van der Waals surface area contributed by atoms with Gasteiger partial charge in [-0.25, -0.2) is 4.98 Å². The second-order valence-corrected chi connectivity index (χ2v) is 10.8. The van der Waals surface area contributed by atoms with Gasteiger partial charge in [-0.15, -0.1) is 0 Å². The van der Waals surface area contributed by atoms with Gasteiger partial charge in [0.25, 0.3) is 5.56 Å². The fourth-order valence-corrected chi connectivity index (χ4v) is 6.65. The van der Waals surface area contributed by atoms with Crippen molar-refractivity contribution in [3.05, 3.63) is 16.7 Å². The van der Waals surface area contributed by atoms with Crippen LogP contribution in [0.5, 0.6) is 0 Å². The van der Waals surface area contributed by atoms with Crippen LogP contribution in [-0.4, -0.2) is 67.2 Å². The van der Waals surface area contributed by atoms with E-state index < -0.39 is 13.9 Å². The van der Waals surface area contributed by atoms with Crippen LogP contribution < -0.4 is 10.9 Å². The summed E-state index contributed by atoms with van der Waals surface area (Å²) in [6.45, 7) is 15.0. The van der Waals surface area contributed by atoms with E-state index in [1.165, 1.54) is 6.92 Å². The lowest BCUT2D eigenvalue weighted by Gasteiger charge is -2.37. The summed E-state index contributed by atoms with van der Waals surface area (Å²) in [5.74, 6) is -0.114. The molecule has 0 saturated carbocycles. The summed E-state index contributed by atoms with van der Waals surface area (Å²) in [4.78, 5) is 34.7. The molecule has 2 N–H and O–H groups in total. The molecule has 2 aromatic rings. The lowest BCUT2D eigenvalue weighted by molar-refractivity contribution is -0.114. The van der Waals surface area contributed by atoms with Crippen LogP contribution in [-0.2, 0) is 20.6 Å². The average molecular weight is 482 g/mol. The van der Waals surface area contributed by atoms with Gasteiger partial charge in [0, 0.05) is 32.8 Å². The first kappa shape index (κ1) is 24.3. The quantitative estimate of drug-likeness (QED) is 0.528. The van der Waals surface area contributed by atoms with Crippen LogP contribution in [0.25, 0.3) is 11.2 Å². The molecule has 3 rings (SSSR count). The highest BCUT2D eigenvalue weighted by atomic mass is 31.2. The third-order valence-corrected chi connectivity index (χ3v) is 8.02. The van der Waals surface area contributed by atoms with E-state index in [1.807, 2.05) is 0 Å². The summed E-state index contributed by atoms with van der Waals surface area (Å²) in [6.07, 6.45) is 1.72. The van der Waals surface area contributed by atoms with E-state index in [1.54, 1.807) is 10.9 Å². The topological polar surface area (TPSA) is 114 Å². The maximum Gasteiger partial charge on any atom is 0.280 e. The zero-order chi connectivity index (χ0) is 25.2. The van der Waals surface area contributed by atoms with E-state index in [4.69, 9.17) is 10.6 Å². The minimum Gasteiger partial charge on any atom is -0.372 e. The summed E-state index contributed by atoms with van der Waals surface area (Å²) in [7, 11) is -0.824. The molecule has 1 aliphatic rings. The molecule has 0 bridgehead atoms. The van der Waals surface area contributed by atoms with E-state index in [-0.39, 0.29) is 48.5 Å². The number of aromatic nitrogens is 4. The van der Waals surface area contributed by atoms with Crippen molar-refractivity contribution in [1.29, 1.82) is 0 Å². The zero-order valence-corrected chi connectivity index (χ0v) is 21.4. The first-order valence-corrected chi connectivity index (χ1v) is 13.1. The van der Waals surface area contributed by atoms with Gasteiger partial charge in [-0.2, -0.15) is 4.98 Å². The maximum absolute atomic E-state index is 12.3. The molecule has 11 heteroatoms. The summed E-state index contributed by atoms with van der Waals surface area (Å²) in [6, 6.07) is 0.734. The van der Waals surface area contributed by atoms with E-state index >= 15 is 0 Å².